The van der Waals surface area contributed by atoms with Crippen LogP contribution >= 0.6 is 0 Å². The first kappa shape index (κ1) is 55.2. The Hall–Kier alpha value is -2.75. The lowest BCUT2D eigenvalue weighted by molar-refractivity contribution is -0.870. The number of esters is 2. The molecule has 0 amide bonds. The smallest absolute Gasteiger partial charge is 0.361 e. The summed E-state index contributed by atoms with van der Waals surface area (Å²) in [6, 6.07) is 0. The number of allylic oxidation sites excluding steroid dienone is 8. The monoisotopic (exact) mass is 819 g/mol. The van der Waals surface area contributed by atoms with Crippen LogP contribution in [0.2, 0.25) is 0 Å². The number of rotatable bonds is 42. The van der Waals surface area contributed by atoms with E-state index in [1.807, 2.05) is 21.1 Å². The molecule has 9 heteroatoms. The minimum atomic E-state index is -1.52. The molecule has 0 aromatic heterocycles. The molecule has 0 aromatic rings. The molecule has 9 nitrogen and oxygen atoms in total. The predicted octanol–water partition coefficient (Wildman–Crippen LogP) is 12.4. The Balaban J connectivity index is 4.45. The van der Waals surface area contributed by atoms with Crippen molar-refractivity contribution < 1.29 is 42.9 Å². The van der Waals surface area contributed by atoms with Gasteiger partial charge >= 0.3 is 17.9 Å². The van der Waals surface area contributed by atoms with E-state index >= 15 is 0 Å². The van der Waals surface area contributed by atoms with E-state index in [9.17, 15) is 19.5 Å². The molecule has 0 aliphatic rings. The van der Waals surface area contributed by atoms with E-state index in [2.05, 4.69) is 62.5 Å². The molecule has 0 heterocycles. The number of hydrogen-bond acceptors (Lipinski definition) is 7. The van der Waals surface area contributed by atoms with E-state index in [-0.39, 0.29) is 32.2 Å². The molecule has 0 fully saturated rings. The number of carboxylic acid groups (broad SMARTS) is 1. The van der Waals surface area contributed by atoms with E-state index < -0.39 is 24.3 Å². The molecule has 0 aromatic carbocycles. The van der Waals surface area contributed by atoms with Crippen LogP contribution in [-0.2, 0) is 33.3 Å². The maximum Gasteiger partial charge on any atom is 0.361 e. The van der Waals surface area contributed by atoms with Crippen LogP contribution in [0, 0.1) is 0 Å². The highest BCUT2D eigenvalue weighted by Crippen LogP contribution is 2.15. The Morgan fingerprint density at radius 2 is 0.983 bits per heavy atom. The molecular formula is C49H88NO8+. The second kappa shape index (κ2) is 41.0. The van der Waals surface area contributed by atoms with Gasteiger partial charge in [-0.2, -0.15) is 0 Å². The molecule has 0 saturated heterocycles. The number of unbranched alkanes of at least 4 members (excludes halogenated alkanes) is 19. The van der Waals surface area contributed by atoms with Gasteiger partial charge < -0.3 is 28.5 Å². The van der Waals surface area contributed by atoms with Crippen molar-refractivity contribution in [3.05, 3.63) is 48.6 Å². The van der Waals surface area contributed by atoms with E-state index in [1.54, 1.807) is 0 Å². The van der Waals surface area contributed by atoms with Gasteiger partial charge in [0.2, 0.25) is 0 Å². The van der Waals surface area contributed by atoms with Crippen LogP contribution < -0.4 is 0 Å². The highest BCUT2D eigenvalue weighted by molar-refractivity contribution is 5.71. The average molecular weight is 819 g/mol. The number of carbonyl (C=O) groups excluding carboxylic acids is 2. The minimum Gasteiger partial charge on any atom is -0.477 e. The normalized spacial score (nSPS) is 13.3. The fourth-order valence-corrected chi connectivity index (χ4v) is 6.24. The van der Waals surface area contributed by atoms with Crippen molar-refractivity contribution >= 4 is 17.9 Å². The number of quaternary nitrogens is 1. The van der Waals surface area contributed by atoms with E-state index in [0.29, 0.717) is 23.9 Å². The Morgan fingerprint density at radius 1 is 0.534 bits per heavy atom. The van der Waals surface area contributed by atoms with Crippen LogP contribution in [0.5, 0.6) is 0 Å². The molecule has 2 atom stereocenters. The summed E-state index contributed by atoms with van der Waals surface area (Å²) in [7, 11) is 5.95. The van der Waals surface area contributed by atoms with Gasteiger partial charge in [0.1, 0.15) is 13.2 Å². The van der Waals surface area contributed by atoms with E-state index in [1.165, 1.54) is 83.5 Å². The SMILES string of the molecule is CC/C=C\C/C=C\C/C=C\C/C=C\CCCCCCC(=O)OC(COC(=O)CCCCCCCCCCCCCCCCCC)COC(OCC[N+](C)(C)C)C(=O)O. The van der Waals surface area contributed by atoms with Gasteiger partial charge in [0.25, 0.3) is 6.29 Å². The lowest BCUT2D eigenvalue weighted by atomic mass is 10.0. The summed E-state index contributed by atoms with van der Waals surface area (Å²) in [5.41, 5.74) is 0. The van der Waals surface area contributed by atoms with Crippen LogP contribution in [-0.4, -0.2) is 87.4 Å². The highest BCUT2D eigenvalue weighted by Gasteiger charge is 2.25. The maximum absolute atomic E-state index is 12.8. The predicted molar refractivity (Wildman–Crippen MR) is 240 cm³/mol. The zero-order valence-corrected chi connectivity index (χ0v) is 37.9. The van der Waals surface area contributed by atoms with Crippen molar-refractivity contribution in [1.82, 2.24) is 0 Å². The summed E-state index contributed by atoms with van der Waals surface area (Å²) in [5, 5.41) is 9.64. The fraction of sp³-hybridized carbons (Fsp3) is 0.776. The third-order valence-corrected chi connectivity index (χ3v) is 9.85. The second-order valence-electron chi connectivity index (χ2n) is 16.7. The standard InChI is InChI=1S/C49H87NO8/c1-6-8-10-12-14-16-18-20-22-24-26-28-30-32-34-36-38-40-47(52)58-45(44-57-49(48(53)54)55-42-41-50(3,4)5)43-56-46(51)39-37-35-33-31-29-27-25-23-21-19-17-15-13-11-9-7-2/h8,10,14,16,20,22,26,28,45,49H,6-7,9,11-13,15,17-19,21,23-25,27,29-44H2,1-5H3/p+1/b10-8-,16-14-,22-20-,28-26-. The molecule has 336 valence electrons. The summed E-state index contributed by atoms with van der Waals surface area (Å²) in [5.74, 6) is -2.04. The summed E-state index contributed by atoms with van der Waals surface area (Å²) in [6.07, 6.45) is 44.5. The van der Waals surface area contributed by atoms with Crippen LogP contribution in [0.3, 0.4) is 0 Å². The van der Waals surface area contributed by atoms with Gasteiger partial charge in [-0.25, -0.2) is 4.79 Å². The van der Waals surface area contributed by atoms with Crippen molar-refractivity contribution in [2.75, 3.05) is 47.5 Å². The molecule has 0 rings (SSSR count). The number of ether oxygens (including phenoxy) is 4. The Morgan fingerprint density at radius 3 is 1.47 bits per heavy atom. The zero-order valence-electron chi connectivity index (χ0n) is 37.9. The summed E-state index contributed by atoms with van der Waals surface area (Å²) in [4.78, 5) is 37.1. The van der Waals surface area contributed by atoms with Gasteiger partial charge in [0.05, 0.1) is 34.4 Å². The zero-order chi connectivity index (χ0) is 42.8. The van der Waals surface area contributed by atoms with E-state index in [0.717, 1.165) is 70.6 Å². The number of carboxylic acids is 1. The summed E-state index contributed by atoms with van der Waals surface area (Å²) in [6.45, 7) is 4.73. The lowest BCUT2D eigenvalue weighted by Crippen LogP contribution is -2.40. The molecule has 1 N–H and O–H groups in total. The van der Waals surface area contributed by atoms with Crippen molar-refractivity contribution in [2.45, 2.75) is 200 Å². The maximum atomic E-state index is 12.8. The number of carbonyl (C=O) groups is 3. The van der Waals surface area contributed by atoms with Gasteiger partial charge in [-0.3, -0.25) is 9.59 Å². The van der Waals surface area contributed by atoms with Crippen LogP contribution in [0.1, 0.15) is 187 Å². The van der Waals surface area contributed by atoms with Crippen LogP contribution in [0.25, 0.3) is 0 Å². The molecule has 0 aliphatic heterocycles. The van der Waals surface area contributed by atoms with Gasteiger partial charge in [-0.15, -0.1) is 0 Å². The van der Waals surface area contributed by atoms with Gasteiger partial charge in [0, 0.05) is 12.8 Å². The lowest BCUT2D eigenvalue weighted by Gasteiger charge is -2.25. The summed E-state index contributed by atoms with van der Waals surface area (Å²) < 4.78 is 22.7. The molecule has 58 heavy (non-hydrogen) atoms. The minimum absolute atomic E-state index is 0.182. The third kappa shape index (κ3) is 41.4. The van der Waals surface area contributed by atoms with Crippen molar-refractivity contribution in [1.29, 1.82) is 0 Å². The third-order valence-electron chi connectivity index (χ3n) is 9.85. The first-order valence-electron chi connectivity index (χ1n) is 23.3. The Bertz CT molecular complexity index is 1090. The fourth-order valence-electron chi connectivity index (χ4n) is 6.24. The summed E-state index contributed by atoms with van der Waals surface area (Å²) >= 11 is 0. The molecule has 0 spiro atoms. The topological polar surface area (TPSA) is 108 Å². The number of nitrogens with zero attached hydrogens (tertiary/aromatic N) is 1. The average Bonchev–Trinajstić information content (AvgIpc) is 3.18. The van der Waals surface area contributed by atoms with Crippen LogP contribution in [0.15, 0.2) is 48.6 Å². The second-order valence-corrected chi connectivity index (χ2v) is 16.7. The van der Waals surface area contributed by atoms with Gasteiger partial charge in [-0.05, 0) is 51.4 Å². The van der Waals surface area contributed by atoms with Crippen molar-refractivity contribution in [3.8, 4) is 0 Å². The highest BCUT2D eigenvalue weighted by atomic mass is 16.7. The quantitative estimate of drug-likeness (QED) is 0.0213. The Kier molecular flexibility index (Phi) is 39.1. The van der Waals surface area contributed by atoms with Crippen molar-refractivity contribution in [3.63, 3.8) is 0 Å². The number of likely N-dealkylation sites (N-methyl/N-ethyl adjacent to an activating group) is 1. The largest absolute Gasteiger partial charge is 0.477 e. The molecule has 2 unspecified atom stereocenters. The molecule has 0 radical (unpaired) electrons. The van der Waals surface area contributed by atoms with Gasteiger partial charge in [0.15, 0.2) is 6.10 Å². The van der Waals surface area contributed by atoms with Gasteiger partial charge in [-0.1, -0.05) is 172 Å². The molecule has 0 aliphatic carbocycles. The first-order chi connectivity index (χ1) is 28.1. The molecule has 0 saturated carbocycles. The van der Waals surface area contributed by atoms with E-state index in [4.69, 9.17) is 18.9 Å². The number of aliphatic carboxylic acids is 1. The number of hydrogen-bond donors (Lipinski definition) is 1. The molecule has 0 bridgehead atoms. The molecular weight excluding hydrogens is 731 g/mol. The van der Waals surface area contributed by atoms with Crippen LogP contribution in [0.4, 0.5) is 0 Å². The Labute approximate surface area is 355 Å². The van der Waals surface area contributed by atoms with Crippen molar-refractivity contribution in [2.24, 2.45) is 0 Å². The first-order valence-corrected chi connectivity index (χ1v) is 23.3.